The van der Waals surface area contributed by atoms with E-state index in [0.717, 1.165) is 32.4 Å². The zero-order valence-electron chi connectivity index (χ0n) is 17.8. The molecule has 0 aromatic heterocycles. The van der Waals surface area contributed by atoms with E-state index in [9.17, 15) is 9.59 Å². The Morgan fingerprint density at radius 1 is 1.13 bits per heavy atom. The van der Waals surface area contributed by atoms with E-state index in [4.69, 9.17) is 25.8 Å². The number of methoxy groups -OCH3 is 1. The second kappa shape index (κ2) is 10.9. The molecule has 166 valence electrons. The number of nitrogens with zero attached hydrogens (tertiary/aromatic N) is 1. The minimum absolute atomic E-state index is 0.0244. The Labute approximate surface area is 187 Å². The largest absolute Gasteiger partial charge is 0.493 e. The van der Waals surface area contributed by atoms with Gasteiger partial charge < -0.3 is 24.4 Å². The Bertz CT molecular complexity index is 928. The van der Waals surface area contributed by atoms with E-state index in [1.165, 1.54) is 7.11 Å². The van der Waals surface area contributed by atoms with Crippen molar-refractivity contribution in [1.82, 2.24) is 4.90 Å². The number of hydrogen-bond acceptors (Lipinski definition) is 5. The number of likely N-dealkylation sites (tertiary alicyclic amines) is 1. The fraction of sp³-hybridized carbons (Fsp3) is 0.391. The van der Waals surface area contributed by atoms with E-state index in [0.29, 0.717) is 40.1 Å². The molecule has 3 rings (SSSR count). The van der Waals surface area contributed by atoms with Gasteiger partial charge in [-0.15, -0.1) is 0 Å². The summed E-state index contributed by atoms with van der Waals surface area (Å²) < 4.78 is 16.6. The second-order valence-corrected chi connectivity index (χ2v) is 7.60. The summed E-state index contributed by atoms with van der Waals surface area (Å²) in [5, 5.41) is 3.11. The summed E-state index contributed by atoms with van der Waals surface area (Å²) >= 11 is 6.31. The van der Waals surface area contributed by atoms with Gasteiger partial charge in [-0.1, -0.05) is 24.6 Å². The van der Waals surface area contributed by atoms with E-state index in [-0.39, 0.29) is 18.4 Å². The van der Waals surface area contributed by atoms with Gasteiger partial charge in [0, 0.05) is 30.4 Å². The van der Waals surface area contributed by atoms with Crippen molar-refractivity contribution in [3.63, 3.8) is 0 Å². The minimum atomic E-state index is -0.354. The smallest absolute Gasteiger partial charge is 0.260 e. The van der Waals surface area contributed by atoms with Crippen molar-refractivity contribution in [3.8, 4) is 17.2 Å². The van der Waals surface area contributed by atoms with Crippen LogP contribution < -0.4 is 19.5 Å². The normalized spacial score (nSPS) is 13.1. The van der Waals surface area contributed by atoms with Crippen molar-refractivity contribution in [1.29, 1.82) is 0 Å². The quantitative estimate of drug-likeness (QED) is 0.618. The number of halogens is 1. The molecule has 1 N–H and O–H groups in total. The molecule has 1 saturated heterocycles. The number of carbonyl (C=O) groups is 2. The average Bonchev–Trinajstić information content (AvgIpc) is 3.31. The predicted molar refractivity (Wildman–Crippen MR) is 119 cm³/mol. The first-order valence-electron chi connectivity index (χ1n) is 10.3. The highest BCUT2D eigenvalue weighted by Crippen LogP contribution is 2.36. The molecule has 0 bridgehead atoms. The number of hydrogen-bond donors (Lipinski definition) is 1. The van der Waals surface area contributed by atoms with Gasteiger partial charge in [-0.05, 0) is 43.5 Å². The van der Waals surface area contributed by atoms with Crippen LogP contribution in [0.2, 0.25) is 5.02 Å². The molecule has 2 aromatic rings. The molecule has 31 heavy (non-hydrogen) atoms. The van der Waals surface area contributed by atoms with Gasteiger partial charge in [0.15, 0.2) is 18.1 Å². The minimum Gasteiger partial charge on any atom is -0.493 e. The summed E-state index contributed by atoms with van der Waals surface area (Å²) in [7, 11) is 1.50. The molecular formula is C23H27ClN2O5. The van der Waals surface area contributed by atoms with E-state index in [1.54, 1.807) is 41.3 Å². The fourth-order valence-corrected chi connectivity index (χ4v) is 3.53. The first-order valence-corrected chi connectivity index (χ1v) is 10.7. The highest BCUT2D eigenvalue weighted by molar-refractivity contribution is 6.32. The number of anilines is 1. The lowest BCUT2D eigenvalue weighted by Gasteiger charge is -2.16. The Hall–Kier alpha value is -2.93. The molecule has 0 aliphatic carbocycles. The van der Waals surface area contributed by atoms with Crippen molar-refractivity contribution in [3.05, 3.63) is 47.0 Å². The van der Waals surface area contributed by atoms with Crippen LogP contribution >= 0.6 is 11.6 Å². The molecule has 2 aromatic carbocycles. The van der Waals surface area contributed by atoms with Gasteiger partial charge in [0.1, 0.15) is 5.75 Å². The number of carbonyl (C=O) groups excluding carboxylic acids is 2. The molecule has 0 unspecified atom stereocenters. The molecule has 1 heterocycles. The van der Waals surface area contributed by atoms with Crippen molar-refractivity contribution >= 4 is 29.1 Å². The Kier molecular flexibility index (Phi) is 8.00. The third-order valence-corrected chi connectivity index (χ3v) is 5.14. The van der Waals surface area contributed by atoms with Gasteiger partial charge in [0.2, 0.25) is 0 Å². The predicted octanol–water partition coefficient (Wildman–Crippen LogP) is 4.39. The second-order valence-electron chi connectivity index (χ2n) is 7.20. The summed E-state index contributed by atoms with van der Waals surface area (Å²) in [4.78, 5) is 26.7. The van der Waals surface area contributed by atoms with Crippen LogP contribution in [0.3, 0.4) is 0 Å². The zero-order chi connectivity index (χ0) is 22.2. The van der Waals surface area contributed by atoms with Gasteiger partial charge >= 0.3 is 0 Å². The summed E-state index contributed by atoms with van der Waals surface area (Å²) in [6, 6.07) is 10.0. The van der Waals surface area contributed by atoms with Crippen LogP contribution in [0.1, 0.15) is 36.5 Å². The van der Waals surface area contributed by atoms with Crippen LogP contribution in [0.15, 0.2) is 36.4 Å². The van der Waals surface area contributed by atoms with E-state index in [2.05, 4.69) is 5.32 Å². The lowest BCUT2D eigenvalue weighted by Crippen LogP contribution is -2.32. The van der Waals surface area contributed by atoms with Crippen molar-refractivity contribution in [2.45, 2.75) is 26.2 Å². The number of amides is 2. The van der Waals surface area contributed by atoms with Crippen molar-refractivity contribution < 1.29 is 23.8 Å². The molecule has 1 aliphatic rings. The lowest BCUT2D eigenvalue weighted by molar-refractivity contribution is -0.132. The van der Waals surface area contributed by atoms with Crippen LogP contribution in [-0.4, -0.2) is 50.1 Å². The molecule has 0 atom stereocenters. The molecule has 7 nitrogen and oxygen atoms in total. The third-order valence-electron chi connectivity index (χ3n) is 4.86. The molecule has 2 amide bonds. The van der Waals surface area contributed by atoms with E-state index < -0.39 is 0 Å². The summed E-state index contributed by atoms with van der Waals surface area (Å²) in [5.74, 6) is 0.931. The maximum absolute atomic E-state index is 12.7. The molecule has 0 spiro atoms. The van der Waals surface area contributed by atoms with Gasteiger partial charge in [-0.2, -0.15) is 0 Å². The number of nitrogens with one attached hydrogen (secondary N) is 1. The van der Waals surface area contributed by atoms with Gasteiger partial charge in [0.25, 0.3) is 11.8 Å². The average molecular weight is 447 g/mol. The highest BCUT2D eigenvalue weighted by Gasteiger charge is 2.19. The summed E-state index contributed by atoms with van der Waals surface area (Å²) in [6.45, 7) is 4.03. The maximum Gasteiger partial charge on any atom is 0.260 e. The Morgan fingerprint density at radius 3 is 2.61 bits per heavy atom. The highest BCUT2D eigenvalue weighted by atomic mass is 35.5. The molecular weight excluding hydrogens is 420 g/mol. The van der Waals surface area contributed by atoms with Gasteiger partial charge in [-0.25, -0.2) is 0 Å². The standard InChI is InChI=1S/C23H27ClN2O5/c1-3-11-30-22-19(24)12-16(13-20(22)29-2)23(28)25-17-7-6-8-18(14-17)31-15-21(27)26-9-4-5-10-26/h6-8,12-14H,3-5,9-11,15H2,1-2H3,(H,25,28). The molecule has 1 fully saturated rings. The first kappa shape index (κ1) is 22.7. The van der Waals surface area contributed by atoms with Crippen molar-refractivity contribution in [2.75, 3.05) is 38.7 Å². The first-order chi connectivity index (χ1) is 15.0. The maximum atomic E-state index is 12.7. The monoisotopic (exact) mass is 446 g/mol. The SMILES string of the molecule is CCCOc1c(Cl)cc(C(=O)Nc2cccc(OCC(=O)N3CCCC3)c2)cc1OC. The summed E-state index contributed by atoms with van der Waals surface area (Å²) in [5.41, 5.74) is 0.874. The topological polar surface area (TPSA) is 77.1 Å². The summed E-state index contributed by atoms with van der Waals surface area (Å²) in [6.07, 6.45) is 2.89. The van der Waals surface area contributed by atoms with E-state index >= 15 is 0 Å². The fourth-order valence-electron chi connectivity index (χ4n) is 3.26. The van der Waals surface area contributed by atoms with Crippen LogP contribution in [0.25, 0.3) is 0 Å². The van der Waals surface area contributed by atoms with Crippen molar-refractivity contribution in [2.24, 2.45) is 0 Å². The van der Waals surface area contributed by atoms with Gasteiger partial charge in [0.05, 0.1) is 18.7 Å². The molecule has 0 radical (unpaired) electrons. The van der Waals surface area contributed by atoms with Crippen LogP contribution in [0.5, 0.6) is 17.2 Å². The van der Waals surface area contributed by atoms with Crippen LogP contribution in [0, 0.1) is 0 Å². The molecule has 0 saturated carbocycles. The number of ether oxygens (including phenoxy) is 3. The lowest BCUT2D eigenvalue weighted by atomic mass is 10.1. The zero-order valence-corrected chi connectivity index (χ0v) is 18.5. The molecule has 8 heteroatoms. The Morgan fingerprint density at radius 2 is 1.90 bits per heavy atom. The third kappa shape index (κ3) is 6.04. The number of rotatable bonds is 9. The Balaban J connectivity index is 1.65. The van der Waals surface area contributed by atoms with Gasteiger partial charge in [-0.3, -0.25) is 9.59 Å². The number of benzene rings is 2. The molecule has 1 aliphatic heterocycles. The van der Waals surface area contributed by atoms with Crippen LogP contribution in [-0.2, 0) is 4.79 Å². The van der Waals surface area contributed by atoms with E-state index in [1.807, 2.05) is 6.92 Å². The van der Waals surface area contributed by atoms with Crippen LogP contribution in [0.4, 0.5) is 5.69 Å².